The number of carboxylic acids is 1. The van der Waals surface area contributed by atoms with Crippen LogP contribution in [0.25, 0.3) is 0 Å². The van der Waals surface area contributed by atoms with E-state index < -0.39 is 5.97 Å². The Morgan fingerprint density at radius 3 is 2.69 bits per heavy atom. The molecular weight excluding hydrogens is 402 g/mol. The molecule has 2 aromatic heterocycles. The number of halogens is 1. The van der Waals surface area contributed by atoms with Gasteiger partial charge in [0.2, 0.25) is 0 Å². The Morgan fingerprint density at radius 1 is 1.38 bits per heavy atom. The molecule has 29 heavy (non-hydrogen) atoms. The predicted molar refractivity (Wildman–Crippen MR) is 105 cm³/mol. The second-order valence-electron chi connectivity index (χ2n) is 6.72. The maximum Gasteiger partial charge on any atom is 0.358 e. The van der Waals surface area contributed by atoms with Crippen LogP contribution in [-0.4, -0.2) is 64.3 Å². The van der Waals surface area contributed by atoms with Crippen LogP contribution >= 0.6 is 11.6 Å². The molecule has 3 rings (SSSR count). The Bertz CT molecular complexity index is 895. The lowest BCUT2D eigenvalue weighted by Crippen LogP contribution is -2.55. The molecule has 0 saturated carbocycles. The van der Waals surface area contributed by atoms with Crippen molar-refractivity contribution in [3.05, 3.63) is 28.1 Å². The molecule has 2 atom stereocenters. The molecule has 3 heterocycles. The fourth-order valence-electron chi connectivity index (χ4n) is 3.34. The second kappa shape index (κ2) is 8.83. The number of rotatable bonds is 7. The molecule has 1 saturated heterocycles. The average molecular weight is 426 g/mol. The molecule has 2 aromatic rings. The van der Waals surface area contributed by atoms with E-state index in [1.807, 2.05) is 11.8 Å². The van der Waals surface area contributed by atoms with Crippen molar-refractivity contribution < 1.29 is 23.8 Å². The zero-order valence-electron chi connectivity index (χ0n) is 16.5. The normalized spacial score (nSPS) is 19.4. The van der Waals surface area contributed by atoms with E-state index in [9.17, 15) is 14.7 Å². The number of piperidine rings is 1. The first-order valence-corrected chi connectivity index (χ1v) is 9.81. The first-order chi connectivity index (χ1) is 13.9. The topological polar surface area (TPSA) is 134 Å². The monoisotopic (exact) mass is 425 g/mol. The summed E-state index contributed by atoms with van der Waals surface area (Å²) >= 11 is 6.01. The highest BCUT2D eigenvalue weighted by Crippen LogP contribution is 2.24. The molecule has 0 aromatic carbocycles. The van der Waals surface area contributed by atoms with E-state index in [1.165, 1.54) is 0 Å². The van der Waals surface area contributed by atoms with Crippen LogP contribution in [0.15, 0.2) is 4.42 Å². The smallest absolute Gasteiger partial charge is 0.358 e. The fourth-order valence-corrected chi connectivity index (χ4v) is 3.61. The molecule has 1 amide bonds. The molecule has 0 radical (unpaired) electrons. The van der Waals surface area contributed by atoms with Crippen molar-refractivity contribution >= 4 is 29.5 Å². The van der Waals surface area contributed by atoms with Gasteiger partial charge in [0, 0.05) is 20.1 Å². The van der Waals surface area contributed by atoms with Crippen molar-refractivity contribution in [1.29, 1.82) is 0 Å². The number of carbonyl (C=O) groups excluding carboxylic acids is 1. The SMILES string of the molecule is CCc1[nH]c(C(=O)NC2CCN(c3nc(C(=O)O)c(CC)o3)CC2OC)nc1Cl. The number of hydrogen-bond donors (Lipinski definition) is 3. The van der Waals surface area contributed by atoms with Crippen LogP contribution in [0, 0.1) is 0 Å². The van der Waals surface area contributed by atoms with Gasteiger partial charge < -0.3 is 29.5 Å². The first kappa shape index (κ1) is 21.1. The Labute approximate surface area is 172 Å². The second-order valence-corrected chi connectivity index (χ2v) is 7.08. The first-order valence-electron chi connectivity index (χ1n) is 9.43. The van der Waals surface area contributed by atoms with Crippen LogP contribution in [0.1, 0.15) is 52.8 Å². The van der Waals surface area contributed by atoms with Crippen LogP contribution in [-0.2, 0) is 17.6 Å². The lowest BCUT2D eigenvalue weighted by Gasteiger charge is -2.37. The number of H-pyrrole nitrogens is 1. The lowest BCUT2D eigenvalue weighted by molar-refractivity contribution is 0.0528. The van der Waals surface area contributed by atoms with Gasteiger partial charge in [-0.1, -0.05) is 25.4 Å². The highest BCUT2D eigenvalue weighted by molar-refractivity contribution is 6.30. The van der Waals surface area contributed by atoms with Crippen molar-refractivity contribution in [3.63, 3.8) is 0 Å². The molecule has 158 valence electrons. The summed E-state index contributed by atoms with van der Waals surface area (Å²) in [4.78, 5) is 36.8. The van der Waals surface area contributed by atoms with E-state index in [0.29, 0.717) is 49.0 Å². The van der Waals surface area contributed by atoms with E-state index >= 15 is 0 Å². The van der Waals surface area contributed by atoms with Crippen molar-refractivity contribution in [3.8, 4) is 0 Å². The van der Waals surface area contributed by atoms with Gasteiger partial charge in [-0.25, -0.2) is 9.78 Å². The summed E-state index contributed by atoms with van der Waals surface area (Å²) < 4.78 is 11.2. The van der Waals surface area contributed by atoms with Crippen molar-refractivity contribution in [2.45, 2.75) is 45.3 Å². The molecule has 3 N–H and O–H groups in total. The minimum absolute atomic E-state index is 0.0756. The fraction of sp³-hybridized carbons (Fsp3) is 0.556. The third kappa shape index (κ3) is 4.38. The summed E-state index contributed by atoms with van der Waals surface area (Å²) in [5, 5.41) is 12.5. The van der Waals surface area contributed by atoms with E-state index in [1.54, 1.807) is 14.0 Å². The summed E-state index contributed by atoms with van der Waals surface area (Å²) in [5.41, 5.74) is 0.633. The van der Waals surface area contributed by atoms with Gasteiger partial charge in [-0.05, 0) is 12.8 Å². The summed E-state index contributed by atoms with van der Waals surface area (Å²) in [7, 11) is 1.56. The van der Waals surface area contributed by atoms with Crippen LogP contribution < -0.4 is 10.2 Å². The van der Waals surface area contributed by atoms with Gasteiger partial charge in [0.1, 0.15) is 5.76 Å². The maximum atomic E-state index is 12.5. The van der Waals surface area contributed by atoms with Gasteiger partial charge in [-0.2, -0.15) is 4.98 Å². The van der Waals surface area contributed by atoms with E-state index in [4.69, 9.17) is 20.8 Å². The number of ether oxygens (including phenoxy) is 1. The zero-order chi connectivity index (χ0) is 21.1. The number of carboxylic acid groups (broad SMARTS) is 1. The van der Waals surface area contributed by atoms with Crippen LogP contribution in [0.5, 0.6) is 0 Å². The van der Waals surface area contributed by atoms with Crippen LogP contribution in [0.3, 0.4) is 0 Å². The maximum absolute atomic E-state index is 12.5. The van der Waals surface area contributed by atoms with Crippen LogP contribution in [0.2, 0.25) is 5.15 Å². The number of aromatic nitrogens is 3. The molecule has 1 aliphatic rings. The Hall–Kier alpha value is -2.59. The van der Waals surface area contributed by atoms with Crippen molar-refractivity contribution in [2.24, 2.45) is 0 Å². The number of anilines is 1. The standard InChI is InChI=1S/C18H24ClN5O5/c1-4-9-14(19)23-15(20-9)16(25)21-10-6-7-24(8-12(10)28-3)18-22-13(17(26)27)11(5-2)29-18/h10,12H,4-8H2,1-3H3,(H,20,23)(H,21,25)(H,26,27). The number of nitrogens with one attached hydrogen (secondary N) is 2. The number of methoxy groups -OCH3 is 1. The number of hydrogen-bond acceptors (Lipinski definition) is 7. The molecule has 0 aliphatic carbocycles. The molecule has 11 heteroatoms. The molecule has 1 aliphatic heterocycles. The third-order valence-electron chi connectivity index (χ3n) is 4.96. The molecule has 0 bridgehead atoms. The Kier molecular flexibility index (Phi) is 6.43. The van der Waals surface area contributed by atoms with Gasteiger partial charge in [-0.15, -0.1) is 0 Å². The zero-order valence-corrected chi connectivity index (χ0v) is 17.2. The number of imidazole rings is 1. The predicted octanol–water partition coefficient (Wildman–Crippen LogP) is 1.90. The number of nitrogens with zero attached hydrogens (tertiary/aromatic N) is 3. The lowest BCUT2D eigenvalue weighted by atomic mass is 10.0. The Balaban J connectivity index is 1.69. The van der Waals surface area contributed by atoms with Crippen molar-refractivity contribution in [2.75, 3.05) is 25.1 Å². The van der Waals surface area contributed by atoms with Gasteiger partial charge >= 0.3 is 5.97 Å². The largest absolute Gasteiger partial charge is 0.476 e. The van der Waals surface area contributed by atoms with Gasteiger partial charge in [-0.3, -0.25) is 4.79 Å². The minimum Gasteiger partial charge on any atom is -0.476 e. The number of amides is 1. The quantitative estimate of drug-likeness (QED) is 0.612. The summed E-state index contributed by atoms with van der Waals surface area (Å²) in [5.74, 6) is -0.982. The molecule has 1 fully saturated rings. The van der Waals surface area contributed by atoms with Gasteiger partial charge in [0.25, 0.3) is 11.9 Å². The molecular formula is C18H24ClN5O5. The molecule has 0 spiro atoms. The average Bonchev–Trinajstić information content (AvgIpc) is 3.31. The summed E-state index contributed by atoms with van der Waals surface area (Å²) in [6, 6.07) is -0.00580. The summed E-state index contributed by atoms with van der Waals surface area (Å²) in [6.45, 7) is 4.64. The number of aryl methyl sites for hydroxylation is 2. The highest BCUT2D eigenvalue weighted by atomic mass is 35.5. The van der Waals surface area contributed by atoms with E-state index in [0.717, 1.165) is 0 Å². The molecule has 10 nitrogen and oxygen atoms in total. The number of aromatic amines is 1. The van der Waals surface area contributed by atoms with Crippen LogP contribution in [0.4, 0.5) is 6.01 Å². The van der Waals surface area contributed by atoms with Gasteiger partial charge in [0.05, 0.1) is 24.4 Å². The Morgan fingerprint density at radius 2 is 2.14 bits per heavy atom. The summed E-state index contributed by atoms with van der Waals surface area (Å²) in [6.07, 6.45) is 1.30. The highest BCUT2D eigenvalue weighted by Gasteiger charge is 2.34. The van der Waals surface area contributed by atoms with E-state index in [-0.39, 0.29) is 35.6 Å². The number of oxazole rings is 1. The van der Waals surface area contributed by atoms with Crippen molar-refractivity contribution in [1.82, 2.24) is 20.3 Å². The number of aromatic carboxylic acids is 1. The van der Waals surface area contributed by atoms with Gasteiger partial charge in [0.15, 0.2) is 16.7 Å². The minimum atomic E-state index is -1.12. The number of carbonyl (C=O) groups is 2. The third-order valence-corrected chi connectivity index (χ3v) is 5.27. The molecule has 2 unspecified atom stereocenters. The van der Waals surface area contributed by atoms with E-state index in [2.05, 4.69) is 20.3 Å².